The van der Waals surface area contributed by atoms with Crippen molar-refractivity contribution in [2.75, 3.05) is 0 Å². The fourth-order valence-corrected chi connectivity index (χ4v) is 4.43. The van der Waals surface area contributed by atoms with Crippen LogP contribution in [0.25, 0.3) is 0 Å². The van der Waals surface area contributed by atoms with Crippen LogP contribution in [0, 0.1) is 0 Å². The Hall–Kier alpha value is -1.37. The molecule has 2 aromatic rings. The Labute approximate surface area is 138 Å². The van der Waals surface area contributed by atoms with E-state index in [9.17, 15) is 9.90 Å². The Morgan fingerprint density at radius 1 is 1.09 bits per heavy atom. The molecule has 2 amide bonds. The first kappa shape index (κ1) is 15.5. The molecule has 3 N–H and O–H groups in total. The van der Waals surface area contributed by atoms with Gasteiger partial charge in [0.15, 0.2) is 0 Å². The van der Waals surface area contributed by atoms with Gasteiger partial charge in [0.25, 0.3) is 0 Å². The molecule has 22 heavy (non-hydrogen) atoms. The van der Waals surface area contributed by atoms with Crippen LogP contribution in [0.5, 0.6) is 0 Å². The van der Waals surface area contributed by atoms with Crippen LogP contribution in [0.3, 0.4) is 0 Å². The van der Waals surface area contributed by atoms with E-state index in [-0.39, 0.29) is 24.2 Å². The van der Waals surface area contributed by atoms with Crippen LogP contribution in [0.4, 0.5) is 4.79 Å². The second-order valence-corrected chi connectivity index (χ2v) is 7.55. The number of nitrogens with one attached hydrogen (secondary N) is 2. The van der Waals surface area contributed by atoms with E-state index in [1.165, 1.54) is 0 Å². The Kier molecular flexibility index (Phi) is 5.12. The monoisotopic (exact) mass is 336 g/mol. The molecular weight excluding hydrogens is 316 g/mol. The molecular formula is C16H20N2O2S2. The summed E-state index contributed by atoms with van der Waals surface area (Å²) in [6.45, 7) is 0. The van der Waals surface area contributed by atoms with Crippen LogP contribution in [0.15, 0.2) is 35.0 Å². The Morgan fingerprint density at radius 3 is 2.18 bits per heavy atom. The Morgan fingerprint density at radius 2 is 1.68 bits per heavy atom. The van der Waals surface area contributed by atoms with E-state index < -0.39 is 0 Å². The molecule has 1 aliphatic rings. The molecule has 0 atom stereocenters. The average molecular weight is 336 g/mol. The summed E-state index contributed by atoms with van der Waals surface area (Å²) in [6, 6.07) is 8.04. The maximum Gasteiger partial charge on any atom is 0.315 e. The number of thiophene rings is 2. The number of aliphatic hydroxyl groups excluding tert-OH is 1. The van der Waals surface area contributed by atoms with Crippen LogP contribution in [0.1, 0.15) is 41.5 Å². The minimum absolute atomic E-state index is 0.0887. The van der Waals surface area contributed by atoms with Crippen molar-refractivity contribution >= 4 is 28.7 Å². The van der Waals surface area contributed by atoms with E-state index in [4.69, 9.17) is 0 Å². The molecule has 0 bridgehead atoms. The normalized spacial score (nSPS) is 21.7. The molecule has 0 aliphatic heterocycles. The maximum atomic E-state index is 12.3. The van der Waals surface area contributed by atoms with Gasteiger partial charge in [0.05, 0.1) is 12.1 Å². The van der Waals surface area contributed by atoms with Gasteiger partial charge in [-0.1, -0.05) is 12.1 Å². The third kappa shape index (κ3) is 3.88. The van der Waals surface area contributed by atoms with E-state index in [1.54, 1.807) is 22.7 Å². The highest BCUT2D eigenvalue weighted by Crippen LogP contribution is 2.29. The van der Waals surface area contributed by atoms with Gasteiger partial charge in [-0.15, -0.1) is 22.7 Å². The number of carbonyl (C=O) groups excluding carboxylic acids is 1. The molecule has 6 heteroatoms. The topological polar surface area (TPSA) is 61.4 Å². The van der Waals surface area contributed by atoms with Crippen LogP contribution >= 0.6 is 22.7 Å². The van der Waals surface area contributed by atoms with Crippen molar-refractivity contribution in [3.63, 3.8) is 0 Å². The van der Waals surface area contributed by atoms with Gasteiger partial charge in [-0.05, 0) is 48.6 Å². The molecule has 0 unspecified atom stereocenters. The molecule has 1 aliphatic carbocycles. The largest absolute Gasteiger partial charge is 0.393 e. The summed E-state index contributed by atoms with van der Waals surface area (Å²) >= 11 is 3.30. The minimum atomic E-state index is -0.203. The third-order valence-electron chi connectivity index (χ3n) is 3.96. The van der Waals surface area contributed by atoms with E-state index in [0.29, 0.717) is 0 Å². The number of urea groups is 1. The molecule has 3 rings (SSSR count). The van der Waals surface area contributed by atoms with Crippen molar-refractivity contribution in [1.29, 1.82) is 0 Å². The van der Waals surface area contributed by atoms with Crippen molar-refractivity contribution in [2.45, 2.75) is 43.9 Å². The number of hydrogen-bond donors (Lipinski definition) is 3. The Bertz CT molecular complexity index is 541. The fraction of sp³-hybridized carbons (Fsp3) is 0.438. The lowest BCUT2D eigenvalue weighted by atomic mass is 9.93. The van der Waals surface area contributed by atoms with Crippen molar-refractivity contribution in [2.24, 2.45) is 0 Å². The van der Waals surface area contributed by atoms with Gasteiger partial charge in [-0.2, -0.15) is 0 Å². The van der Waals surface area contributed by atoms with Crippen LogP contribution < -0.4 is 10.6 Å². The zero-order valence-electron chi connectivity index (χ0n) is 12.2. The lowest BCUT2D eigenvalue weighted by molar-refractivity contribution is 0.117. The molecule has 0 saturated heterocycles. The number of hydrogen-bond acceptors (Lipinski definition) is 4. The predicted molar refractivity (Wildman–Crippen MR) is 90.4 cm³/mol. The van der Waals surface area contributed by atoms with Gasteiger partial charge in [-0.3, -0.25) is 0 Å². The van der Waals surface area contributed by atoms with Gasteiger partial charge in [0, 0.05) is 15.8 Å². The SMILES string of the molecule is O=C(NC1CCC(O)CC1)NC(c1cccs1)c1cccs1. The third-order valence-corrected chi connectivity index (χ3v) is 5.84. The van der Waals surface area contributed by atoms with Crippen molar-refractivity contribution < 1.29 is 9.90 Å². The molecule has 4 nitrogen and oxygen atoms in total. The highest BCUT2D eigenvalue weighted by atomic mass is 32.1. The second kappa shape index (κ2) is 7.26. The molecule has 1 saturated carbocycles. The van der Waals surface area contributed by atoms with Gasteiger partial charge < -0.3 is 15.7 Å². The summed E-state index contributed by atoms with van der Waals surface area (Å²) < 4.78 is 0. The molecule has 1 fully saturated rings. The van der Waals surface area contributed by atoms with E-state index in [2.05, 4.69) is 10.6 Å². The van der Waals surface area contributed by atoms with Gasteiger partial charge >= 0.3 is 6.03 Å². The Balaban J connectivity index is 1.62. The van der Waals surface area contributed by atoms with Crippen molar-refractivity contribution in [3.8, 4) is 0 Å². The lowest BCUT2D eigenvalue weighted by Gasteiger charge is -2.27. The molecule has 2 heterocycles. The van der Waals surface area contributed by atoms with Crippen molar-refractivity contribution in [3.05, 3.63) is 44.8 Å². The molecule has 0 aromatic carbocycles. The smallest absolute Gasteiger partial charge is 0.315 e. The first-order valence-electron chi connectivity index (χ1n) is 7.54. The van der Waals surface area contributed by atoms with E-state index in [1.807, 2.05) is 35.0 Å². The molecule has 0 spiro atoms. The first-order valence-corrected chi connectivity index (χ1v) is 9.30. The predicted octanol–water partition coefficient (Wildman–Crippen LogP) is 3.50. The molecule has 2 aromatic heterocycles. The summed E-state index contributed by atoms with van der Waals surface area (Å²) in [5.74, 6) is 0. The highest BCUT2D eigenvalue weighted by Gasteiger charge is 2.23. The summed E-state index contributed by atoms with van der Waals surface area (Å²) in [5, 5.41) is 19.7. The summed E-state index contributed by atoms with van der Waals surface area (Å²) in [7, 11) is 0. The number of aliphatic hydroxyl groups is 1. The number of carbonyl (C=O) groups is 1. The highest BCUT2D eigenvalue weighted by molar-refractivity contribution is 7.11. The number of amides is 2. The van der Waals surface area contributed by atoms with E-state index >= 15 is 0 Å². The second-order valence-electron chi connectivity index (χ2n) is 5.59. The summed E-state index contributed by atoms with van der Waals surface area (Å²) in [4.78, 5) is 14.6. The average Bonchev–Trinajstić information content (AvgIpc) is 3.21. The molecule has 118 valence electrons. The standard InChI is InChI=1S/C16H20N2O2S2/c19-12-7-5-11(6-8-12)17-16(20)18-15(13-3-1-9-21-13)14-4-2-10-22-14/h1-4,9-12,15,19H,5-8H2,(H2,17,18,20). The van der Waals surface area contributed by atoms with Gasteiger partial charge in [0.2, 0.25) is 0 Å². The van der Waals surface area contributed by atoms with Crippen LogP contribution in [-0.2, 0) is 0 Å². The zero-order chi connectivity index (χ0) is 15.4. The number of rotatable bonds is 4. The lowest BCUT2D eigenvalue weighted by Crippen LogP contribution is -2.45. The van der Waals surface area contributed by atoms with Crippen LogP contribution in [0.2, 0.25) is 0 Å². The quantitative estimate of drug-likeness (QED) is 0.800. The maximum absolute atomic E-state index is 12.3. The van der Waals surface area contributed by atoms with E-state index in [0.717, 1.165) is 35.4 Å². The van der Waals surface area contributed by atoms with Gasteiger partial charge in [-0.25, -0.2) is 4.79 Å². The summed E-state index contributed by atoms with van der Waals surface area (Å²) in [6.07, 6.45) is 3.02. The first-order chi connectivity index (χ1) is 10.7. The van der Waals surface area contributed by atoms with Crippen LogP contribution in [-0.4, -0.2) is 23.3 Å². The van der Waals surface area contributed by atoms with Gasteiger partial charge in [0.1, 0.15) is 0 Å². The van der Waals surface area contributed by atoms with Crippen molar-refractivity contribution in [1.82, 2.24) is 10.6 Å². The zero-order valence-corrected chi connectivity index (χ0v) is 13.8. The fourth-order valence-electron chi connectivity index (χ4n) is 2.77. The molecule has 0 radical (unpaired) electrons. The minimum Gasteiger partial charge on any atom is -0.393 e. The summed E-state index contributed by atoms with van der Waals surface area (Å²) in [5.41, 5.74) is 0.